The predicted molar refractivity (Wildman–Crippen MR) is 70.9 cm³/mol. The van der Waals surface area contributed by atoms with Crippen molar-refractivity contribution in [1.29, 1.82) is 5.26 Å². The molecule has 0 fully saturated rings. The van der Waals surface area contributed by atoms with Crippen molar-refractivity contribution in [3.8, 4) is 6.07 Å². The summed E-state index contributed by atoms with van der Waals surface area (Å²) in [5.74, 6) is 0. The van der Waals surface area contributed by atoms with Crippen LogP contribution in [0.5, 0.6) is 0 Å². The lowest BCUT2D eigenvalue weighted by Gasteiger charge is -2.05. The number of benzene rings is 1. The molecule has 96 valence electrons. The number of nitroso groups, excluding NO2 is 1. The Morgan fingerprint density at radius 2 is 1.95 bits per heavy atom. The van der Waals surface area contributed by atoms with E-state index in [0.717, 1.165) is 17.0 Å². The van der Waals surface area contributed by atoms with Crippen LogP contribution in [0.4, 0.5) is 5.69 Å². The first-order valence-electron chi connectivity index (χ1n) is 6.02. The Labute approximate surface area is 111 Å². The summed E-state index contributed by atoms with van der Waals surface area (Å²) in [5.41, 5.74) is 3.72. The van der Waals surface area contributed by atoms with E-state index in [0.29, 0.717) is 11.3 Å². The number of nitrogens with zero attached hydrogens (tertiary/aromatic N) is 3. The maximum absolute atomic E-state index is 10.8. The van der Waals surface area contributed by atoms with Crippen molar-refractivity contribution in [3.63, 3.8) is 0 Å². The highest BCUT2D eigenvalue weighted by Crippen LogP contribution is 2.22. The summed E-state index contributed by atoms with van der Waals surface area (Å²) in [5, 5.41) is 15.0. The first-order chi connectivity index (χ1) is 9.08. The molecule has 0 spiro atoms. The minimum atomic E-state index is 0.0435. The highest BCUT2D eigenvalue weighted by molar-refractivity contribution is 5.42. The van der Waals surface area contributed by atoms with Gasteiger partial charge in [0.05, 0.1) is 11.6 Å². The van der Waals surface area contributed by atoms with E-state index in [2.05, 4.69) is 16.3 Å². The summed E-state index contributed by atoms with van der Waals surface area (Å²) in [4.78, 5) is 10.8. The van der Waals surface area contributed by atoms with Crippen molar-refractivity contribution < 1.29 is 4.68 Å². The van der Waals surface area contributed by atoms with Crippen LogP contribution < -0.4 is 4.68 Å². The number of nitrogens with one attached hydrogen (secondary N) is 1. The molecule has 5 heteroatoms. The molecule has 1 unspecified atom stereocenters. The number of aromatic amines is 1. The van der Waals surface area contributed by atoms with Gasteiger partial charge in [-0.3, -0.25) is 0 Å². The molecule has 0 saturated carbocycles. The Morgan fingerprint density at radius 1 is 1.32 bits per heavy atom. The van der Waals surface area contributed by atoms with Gasteiger partial charge in [-0.05, 0) is 24.2 Å². The fraction of sp³-hybridized carbons (Fsp3) is 0.286. The van der Waals surface area contributed by atoms with Crippen molar-refractivity contribution in [2.75, 3.05) is 0 Å². The van der Waals surface area contributed by atoms with Gasteiger partial charge in [-0.1, -0.05) is 12.1 Å². The third kappa shape index (κ3) is 2.25. The highest BCUT2D eigenvalue weighted by Gasteiger charge is 2.25. The monoisotopic (exact) mass is 255 g/mol. The first kappa shape index (κ1) is 13.0. The van der Waals surface area contributed by atoms with Crippen LogP contribution in [0, 0.1) is 30.1 Å². The Hall–Kier alpha value is -2.48. The van der Waals surface area contributed by atoms with Crippen LogP contribution in [0.1, 0.15) is 35.5 Å². The van der Waals surface area contributed by atoms with Crippen molar-refractivity contribution in [2.45, 2.75) is 26.8 Å². The molecule has 1 atom stereocenters. The minimum Gasteiger partial charge on any atom is -0.192 e. The van der Waals surface area contributed by atoms with E-state index in [9.17, 15) is 4.91 Å². The normalized spacial score (nSPS) is 11.9. The van der Waals surface area contributed by atoms with Gasteiger partial charge in [0.1, 0.15) is 5.69 Å². The van der Waals surface area contributed by atoms with Gasteiger partial charge >= 0.3 is 0 Å². The van der Waals surface area contributed by atoms with E-state index in [1.807, 2.05) is 37.6 Å². The van der Waals surface area contributed by atoms with Crippen molar-refractivity contribution in [1.82, 2.24) is 5.10 Å². The average molecular weight is 255 g/mol. The quantitative estimate of drug-likeness (QED) is 0.676. The van der Waals surface area contributed by atoms with Crippen LogP contribution >= 0.6 is 0 Å². The molecule has 0 bridgehead atoms. The molecule has 1 aromatic carbocycles. The van der Waals surface area contributed by atoms with Crippen LogP contribution in [-0.2, 0) is 0 Å². The summed E-state index contributed by atoms with van der Waals surface area (Å²) in [6.45, 7) is 5.71. The maximum Gasteiger partial charge on any atom is 0.234 e. The molecule has 0 saturated heterocycles. The zero-order valence-electron chi connectivity index (χ0n) is 11.1. The Bertz CT molecular complexity index is 649. The average Bonchev–Trinajstić information content (AvgIpc) is 2.72. The predicted octanol–water partition coefficient (Wildman–Crippen LogP) is 2.80. The standard InChI is InChI=1S/C14H14N4O/c1-9-14(17-19)11(3)18(16-9)10(2)13-6-4-12(8-15)5-7-13/h4-7,10H,1-3H3/p+1. The van der Waals surface area contributed by atoms with Crippen LogP contribution in [0.2, 0.25) is 0 Å². The molecule has 5 nitrogen and oxygen atoms in total. The maximum atomic E-state index is 10.8. The molecule has 0 aliphatic carbocycles. The molecular formula is C14H15N4O+. The number of aryl methyl sites for hydroxylation is 1. The van der Waals surface area contributed by atoms with Gasteiger partial charge in [0.25, 0.3) is 0 Å². The zero-order chi connectivity index (χ0) is 14.0. The van der Waals surface area contributed by atoms with Crippen molar-refractivity contribution in [2.24, 2.45) is 5.18 Å². The van der Waals surface area contributed by atoms with E-state index >= 15 is 0 Å². The summed E-state index contributed by atoms with van der Waals surface area (Å²) in [6.07, 6.45) is 0. The second kappa shape index (κ2) is 5.02. The van der Waals surface area contributed by atoms with E-state index in [1.165, 1.54) is 0 Å². The Kier molecular flexibility index (Phi) is 3.43. The number of hydrogen-bond acceptors (Lipinski definition) is 3. The van der Waals surface area contributed by atoms with Crippen LogP contribution in [-0.4, -0.2) is 5.10 Å². The van der Waals surface area contributed by atoms with Gasteiger partial charge in [0.2, 0.25) is 17.4 Å². The first-order valence-corrected chi connectivity index (χ1v) is 6.02. The van der Waals surface area contributed by atoms with Crippen LogP contribution in [0.15, 0.2) is 29.4 Å². The lowest BCUT2D eigenvalue weighted by Crippen LogP contribution is -2.42. The lowest BCUT2D eigenvalue weighted by molar-refractivity contribution is -0.767. The third-order valence-electron chi connectivity index (χ3n) is 3.35. The zero-order valence-corrected chi connectivity index (χ0v) is 11.1. The van der Waals surface area contributed by atoms with Crippen LogP contribution in [0.3, 0.4) is 0 Å². The van der Waals surface area contributed by atoms with Gasteiger partial charge in [0.15, 0.2) is 0 Å². The van der Waals surface area contributed by atoms with Crippen LogP contribution in [0.25, 0.3) is 0 Å². The van der Waals surface area contributed by atoms with E-state index in [-0.39, 0.29) is 6.04 Å². The van der Waals surface area contributed by atoms with E-state index in [1.54, 1.807) is 12.1 Å². The molecule has 19 heavy (non-hydrogen) atoms. The topological polar surface area (TPSA) is 72.9 Å². The lowest BCUT2D eigenvalue weighted by atomic mass is 10.1. The fourth-order valence-electron chi connectivity index (χ4n) is 2.21. The van der Waals surface area contributed by atoms with E-state index < -0.39 is 0 Å². The molecular weight excluding hydrogens is 240 g/mol. The Morgan fingerprint density at radius 3 is 2.42 bits per heavy atom. The van der Waals surface area contributed by atoms with Crippen molar-refractivity contribution >= 4 is 5.69 Å². The Balaban J connectivity index is 2.41. The second-order valence-corrected chi connectivity index (χ2v) is 4.54. The largest absolute Gasteiger partial charge is 0.234 e. The molecule has 0 aliphatic rings. The summed E-state index contributed by atoms with van der Waals surface area (Å²) < 4.78 is 1.91. The SMILES string of the molecule is Cc1[nH][n+](C(C)c2ccc(C#N)cc2)c(C)c1N=O. The number of aromatic nitrogens is 2. The molecule has 0 radical (unpaired) electrons. The van der Waals surface area contributed by atoms with Gasteiger partial charge < -0.3 is 0 Å². The summed E-state index contributed by atoms with van der Waals surface area (Å²) >= 11 is 0. The summed E-state index contributed by atoms with van der Waals surface area (Å²) in [6, 6.07) is 9.55. The highest BCUT2D eigenvalue weighted by atomic mass is 16.3. The smallest absolute Gasteiger partial charge is 0.192 e. The van der Waals surface area contributed by atoms with Gasteiger partial charge in [0, 0.05) is 19.4 Å². The van der Waals surface area contributed by atoms with Gasteiger partial charge in [-0.25, -0.2) is 0 Å². The van der Waals surface area contributed by atoms with Gasteiger partial charge in [-0.15, -0.1) is 9.59 Å². The molecule has 1 N–H and O–H groups in total. The van der Waals surface area contributed by atoms with Crippen molar-refractivity contribution in [3.05, 3.63) is 51.7 Å². The second-order valence-electron chi connectivity index (χ2n) is 4.54. The number of hydrogen-bond donors (Lipinski definition) is 1. The molecule has 0 amide bonds. The number of rotatable bonds is 3. The summed E-state index contributed by atoms with van der Waals surface area (Å²) in [7, 11) is 0. The molecule has 0 aliphatic heterocycles. The van der Waals surface area contributed by atoms with E-state index in [4.69, 9.17) is 5.26 Å². The number of nitriles is 1. The minimum absolute atomic E-state index is 0.0435. The molecule has 2 aromatic rings. The molecule has 1 heterocycles. The number of H-pyrrole nitrogens is 1. The molecule has 2 rings (SSSR count). The fourth-order valence-corrected chi connectivity index (χ4v) is 2.21. The molecule has 1 aromatic heterocycles. The third-order valence-corrected chi connectivity index (χ3v) is 3.35. The van der Waals surface area contributed by atoms with Gasteiger partial charge in [-0.2, -0.15) is 10.4 Å².